The second kappa shape index (κ2) is 4.06. The van der Waals surface area contributed by atoms with Crippen LogP contribution in [0.2, 0.25) is 0 Å². The number of hydrogen-bond acceptors (Lipinski definition) is 1. The molecule has 0 aliphatic rings. The third kappa shape index (κ3) is 2.79. The molecule has 1 aromatic carbocycles. The van der Waals surface area contributed by atoms with Gasteiger partial charge in [0.25, 0.3) is 0 Å². The second-order valence-corrected chi connectivity index (χ2v) is 7.15. The Morgan fingerprint density at radius 3 is 1.44 bits per heavy atom. The molecule has 0 heterocycles. The highest BCUT2D eigenvalue weighted by atomic mass is 79.9. The van der Waals surface area contributed by atoms with E-state index in [0.717, 1.165) is 15.6 Å². The summed E-state index contributed by atoms with van der Waals surface area (Å²) in [4.78, 5) is 0. The Bertz CT molecular complexity index is 359. The molecule has 0 amide bonds. The molecule has 1 nitrogen and oxygen atoms in total. The van der Waals surface area contributed by atoms with Crippen molar-refractivity contribution in [1.29, 1.82) is 0 Å². The molecule has 2 heteroatoms. The Morgan fingerprint density at radius 1 is 0.875 bits per heavy atom. The normalized spacial score (nSPS) is 12.9. The van der Waals surface area contributed by atoms with E-state index in [1.165, 1.54) is 0 Å². The van der Waals surface area contributed by atoms with Gasteiger partial charge in [0.05, 0.1) is 0 Å². The minimum atomic E-state index is 0.0254. The van der Waals surface area contributed by atoms with E-state index >= 15 is 0 Å². The van der Waals surface area contributed by atoms with Crippen molar-refractivity contribution < 1.29 is 5.11 Å². The zero-order valence-electron chi connectivity index (χ0n) is 11.0. The molecule has 90 valence electrons. The number of hydrogen-bond donors (Lipinski definition) is 1. The standard InChI is InChI=1S/C14H21BrO/c1-13(2,3)10-7-9(16)8-11(12(10)15)14(4,5)6/h7-8,16H,1-6H3. The molecule has 0 saturated carbocycles. The molecule has 1 aromatic rings. The average Bonchev–Trinajstić information content (AvgIpc) is 2.04. The maximum absolute atomic E-state index is 9.82. The highest BCUT2D eigenvalue weighted by Gasteiger charge is 2.25. The highest BCUT2D eigenvalue weighted by Crippen LogP contribution is 2.39. The van der Waals surface area contributed by atoms with Crippen molar-refractivity contribution in [2.24, 2.45) is 0 Å². The first kappa shape index (κ1) is 13.6. The van der Waals surface area contributed by atoms with Crippen molar-refractivity contribution in [3.8, 4) is 5.75 Å². The van der Waals surface area contributed by atoms with E-state index in [1.807, 2.05) is 12.1 Å². The lowest BCUT2D eigenvalue weighted by Gasteiger charge is -2.27. The summed E-state index contributed by atoms with van der Waals surface area (Å²) >= 11 is 3.68. The summed E-state index contributed by atoms with van der Waals surface area (Å²) in [6.45, 7) is 12.9. The van der Waals surface area contributed by atoms with E-state index in [4.69, 9.17) is 0 Å². The highest BCUT2D eigenvalue weighted by molar-refractivity contribution is 9.10. The molecule has 16 heavy (non-hydrogen) atoms. The topological polar surface area (TPSA) is 20.2 Å². The summed E-state index contributed by atoms with van der Waals surface area (Å²) in [5, 5.41) is 9.82. The maximum atomic E-state index is 9.82. The summed E-state index contributed by atoms with van der Waals surface area (Å²) in [6.07, 6.45) is 0. The van der Waals surface area contributed by atoms with E-state index < -0.39 is 0 Å². The molecule has 0 unspecified atom stereocenters. The van der Waals surface area contributed by atoms with E-state index in [1.54, 1.807) is 0 Å². The van der Waals surface area contributed by atoms with E-state index in [2.05, 4.69) is 57.5 Å². The zero-order valence-corrected chi connectivity index (χ0v) is 12.6. The first-order chi connectivity index (χ1) is 7.03. The Hall–Kier alpha value is -0.500. The Kier molecular flexibility index (Phi) is 3.45. The molecule has 0 fully saturated rings. The van der Waals surface area contributed by atoms with Gasteiger partial charge in [-0.3, -0.25) is 0 Å². The lowest BCUT2D eigenvalue weighted by Crippen LogP contribution is -2.17. The van der Waals surface area contributed by atoms with Crippen LogP contribution in [0.3, 0.4) is 0 Å². The third-order valence-corrected chi connectivity index (χ3v) is 3.53. The Labute approximate surface area is 107 Å². The molecule has 0 saturated heterocycles. The molecule has 0 radical (unpaired) electrons. The van der Waals surface area contributed by atoms with Gasteiger partial charge >= 0.3 is 0 Å². The molecule has 0 aliphatic heterocycles. The molecule has 0 spiro atoms. The van der Waals surface area contributed by atoms with Crippen LogP contribution in [0.15, 0.2) is 16.6 Å². The van der Waals surface area contributed by atoms with Crippen LogP contribution in [0.25, 0.3) is 0 Å². The molecular weight excluding hydrogens is 264 g/mol. The van der Waals surface area contributed by atoms with Crippen LogP contribution in [-0.4, -0.2) is 5.11 Å². The fourth-order valence-electron chi connectivity index (χ4n) is 1.70. The maximum Gasteiger partial charge on any atom is 0.116 e. The van der Waals surface area contributed by atoms with Crippen LogP contribution in [0.4, 0.5) is 0 Å². The van der Waals surface area contributed by atoms with Crippen molar-refractivity contribution in [3.63, 3.8) is 0 Å². The second-order valence-electron chi connectivity index (χ2n) is 6.35. The minimum Gasteiger partial charge on any atom is -0.508 e. The van der Waals surface area contributed by atoms with Crippen LogP contribution >= 0.6 is 15.9 Å². The van der Waals surface area contributed by atoms with Gasteiger partial charge in [-0.2, -0.15) is 0 Å². The van der Waals surface area contributed by atoms with Gasteiger partial charge in [-0.05, 0) is 34.1 Å². The summed E-state index contributed by atoms with van der Waals surface area (Å²) in [7, 11) is 0. The van der Waals surface area contributed by atoms with Gasteiger partial charge in [-0.1, -0.05) is 57.5 Å². The van der Waals surface area contributed by atoms with Crippen LogP contribution in [0.1, 0.15) is 52.7 Å². The number of phenolic OH excluding ortho intramolecular Hbond substituents is 1. The number of halogens is 1. The Balaban J connectivity index is 3.51. The summed E-state index contributed by atoms with van der Waals surface area (Å²) < 4.78 is 1.12. The van der Waals surface area contributed by atoms with E-state index in [-0.39, 0.29) is 10.8 Å². The minimum absolute atomic E-state index is 0.0254. The first-order valence-corrected chi connectivity index (χ1v) is 6.36. The number of aromatic hydroxyl groups is 1. The molecule has 0 bridgehead atoms. The lowest BCUT2D eigenvalue weighted by molar-refractivity contribution is 0.465. The van der Waals surface area contributed by atoms with Crippen LogP contribution in [-0.2, 0) is 10.8 Å². The number of rotatable bonds is 0. The summed E-state index contributed by atoms with van der Waals surface area (Å²) in [5.41, 5.74) is 2.35. The fourth-order valence-corrected chi connectivity index (χ4v) is 3.12. The quantitative estimate of drug-likeness (QED) is 0.729. The van der Waals surface area contributed by atoms with Crippen molar-refractivity contribution in [2.75, 3.05) is 0 Å². The van der Waals surface area contributed by atoms with E-state index in [9.17, 15) is 5.11 Å². The van der Waals surface area contributed by atoms with Gasteiger partial charge in [0.2, 0.25) is 0 Å². The van der Waals surface area contributed by atoms with Crippen LogP contribution in [0.5, 0.6) is 5.75 Å². The number of benzene rings is 1. The van der Waals surface area contributed by atoms with Crippen LogP contribution < -0.4 is 0 Å². The van der Waals surface area contributed by atoms with Gasteiger partial charge in [0.1, 0.15) is 5.75 Å². The van der Waals surface area contributed by atoms with Crippen molar-refractivity contribution in [2.45, 2.75) is 52.4 Å². The molecular formula is C14H21BrO. The predicted molar refractivity (Wildman–Crippen MR) is 73.2 cm³/mol. The van der Waals surface area contributed by atoms with Gasteiger partial charge in [0.15, 0.2) is 0 Å². The monoisotopic (exact) mass is 284 g/mol. The molecule has 1 rings (SSSR count). The average molecular weight is 285 g/mol. The van der Waals surface area contributed by atoms with E-state index in [0.29, 0.717) is 5.75 Å². The molecule has 1 N–H and O–H groups in total. The van der Waals surface area contributed by atoms with Crippen molar-refractivity contribution >= 4 is 15.9 Å². The zero-order chi connectivity index (χ0) is 12.7. The molecule has 0 atom stereocenters. The smallest absolute Gasteiger partial charge is 0.116 e. The van der Waals surface area contributed by atoms with Crippen LogP contribution in [0, 0.1) is 0 Å². The van der Waals surface area contributed by atoms with Crippen molar-refractivity contribution in [3.05, 3.63) is 27.7 Å². The fraction of sp³-hybridized carbons (Fsp3) is 0.571. The van der Waals surface area contributed by atoms with Gasteiger partial charge in [-0.25, -0.2) is 0 Å². The summed E-state index contributed by atoms with van der Waals surface area (Å²) in [6, 6.07) is 3.69. The van der Waals surface area contributed by atoms with Gasteiger partial charge < -0.3 is 5.11 Å². The largest absolute Gasteiger partial charge is 0.508 e. The molecule has 0 aliphatic carbocycles. The third-order valence-electron chi connectivity index (χ3n) is 2.67. The van der Waals surface area contributed by atoms with Gasteiger partial charge in [0, 0.05) is 4.47 Å². The summed E-state index contributed by atoms with van der Waals surface area (Å²) in [5.74, 6) is 0.345. The number of phenols is 1. The predicted octanol–water partition coefficient (Wildman–Crippen LogP) is 4.75. The SMILES string of the molecule is CC(C)(C)c1cc(O)cc(C(C)(C)C)c1Br. The first-order valence-electron chi connectivity index (χ1n) is 5.57. The van der Waals surface area contributed by atoms with Gasteiger partial charge in [-0.15, -0.1) is 0 Å². The van der Waals surface area contributed by atoms with Crippen molar-refractivity contribution in [1.82, 2.24) is 0 Å². The Morgan fingerprint density at radius 2 is 1.19 bits per heavy atom. The lowest BCUT2D eigenvalue weighted by atomic mass is 9.80. The molecule has 0 aromatic heterocycles.